The van der Waals surface area contributed by atoms with Crippen molar-refractivity contribution in [3.8, 4) is 0 Å². The van der Waals surface area contributed by atoms with Gasteiger partial charge in [0.1, 0.15) is 5.82 Å². The first-order chi connectivity index (χ1) is 9.20. The molecule has 0 saturated carbocycles. The lowest BCUT2D eigenvalue weighted by Gasteiger charge is -2.35. The summed E-state index contributed by atoms with van der Waals surface area (Å²) in [6.07, 6.45) is 5.73. The number of anilines is 1. The summed E-state index contributed by atoms with van der Waals surface area (Å²) in [6, 6.07) is 4.95. The van der Waals surface area contributed by atoms with Crippen molar-refractivity contribution in [1.29, 1.82) is 0 Å². The molecule has 1 saturated heterocycles. The molecule has 0 spiro atoms. The lowest BCUT2D eigenvalue weighted by molar-refractivity contribution is 0.311. The van der Waals surface area contributed by atoms with Crippen molar-refractivity contribution < 1.29 is 0 Å². The molecule has 2 heterocycles. The fourth-order valence-electron chi connectivity index (χ4n) is 2.81. The van der Waals surface area contributed by atoms with Gasteiger partial charge in [-0.25, -0.2) is 4.98 Å². The summed E-state index contributed by atoms with van der Waals surface area (Å²) in [5.41, 5.74) is 1.23. The number of hydrogen-bond donors (Lipinski definition) is 1. The Bertz CT molecular complexity index is 366. The molecule has 1 aromatic rings. The summed E-state index contributed by atoms with van der Waals surface area (Å²) >= 11 is 0. The molecule has 1 fully saturated rings. The van der Waals surface area contributed by atoms with Crippen LogP contribution in [0.2, 0.25) is 0 Å². The number of hydrogen-bond acceptors (Lipinski definition) is 3. The third-order valence-electron chi connectivity index (χ3n) is 4.18. The van der Waals surface area contributed by atoms with Gasteiger partial charge in [0, 0.05) is 25.3 Å². The van der Waals surface area contributed by atoms with Crippen LogP contribution in [0.25, 0.3) is 0 Å². The Morgan fingerprint density at radius 2 is 2.11 bits per heavy atom. The van der Waals surface area contributed by atoms with Crippen LogP contribution in [-0.2, 0) is 0 Å². The Balaban J connectivity index is 1.83. The average Bonchev–Trinajstić information content (AvgIpc) is 2.46. The second-order valence-electron chi connectivity index (χ2n) is 5.76. The Hall–Kier alpha value is -1.09. The van der Waals surface area contributed by atoms with Crippen LogP contribution >= 0.6 is 0 Å². The number of aryl methyl sites for hydroxylation is 1. The van der Waals surface area contributed by atoms with Gasteiger partial charge >= 0.3 is 0 Å². The number of rotatable bonds is 5. The first-order valence-corrected chi connectivity index (χ1v) is 7.61. The van der Waals surface area contributed by atoms with Crippen LogP contribution in [0, 0.1) is 12.8 Å². The minimum absolute atomic E-state index is 0.646. The van der Waals surface area contributed by atoms with E-state index in [0.29, 0.717) is 6.04 Å². The zero-order chi connectivity index (χ0) is 13.7. The Labute approximate surface area is 117 Å². The molecule has 3 nitrogen and oxygen atoms in total. The Kier molecular flexibility index (Phi) is 5.20. The van der Waals surface area contributed by atoms with Crippen molar-refractivity contribution in [2.24, 2.45) is 5.92 Å². The summed E-state index contributed by atoms with van der Waals surface area (Å²) in [5, 5.41) is 3.63. The van der Waals surface area contributed by atoms with Gasteiger partial charge in [0.15, 0.2) is 0 Å². The van der Waals surface area contributed by atoms with Crippen LogP contribution in [-0.4, -0.2) is 30.7 Å². The molecule has 3 heteroatoms. The monoisotopic (exact) mass is 261 g/mol. The highest BCUT2D eigenvalue weighted by atomic mass is 15.2. The molecular weight excluding hydrogens is 234 g/mol. The van der Waals surface area contributed by atoms with E-state index in [4.69, 9.17) is 0 Å². The van der Waals surface area contributed by atoms with E-state index in [9.17, 15) is 0 Å². The minimum atomic E-state index is 0.646. The van der Waals surface area contributed by atoms with Crippen molar-refractivity contribution in [2.75, 3.05) is 24.5 Å². The number of aromatic nitrogens is 1. The standard InChI is InChI=1S/C16H27N3/c1-4-9-17-14(3)15-7-10-19(11-8-15)16-6-5-13(2)12-18-16/h5-6,12,14-15,17H,4,7-11H2,1-3H3. The van der Waals surface area contributed by atoms with Gasteiger partial charge in [-0.2, -0.15) is 0 Å². The van der Waals surface area contributed by atoms with E-state index in [-0.39, 0.29) is 0 Å². The molecule has 1 aliphatic heterocycles. The number of piperidine rings is 1. The molecule has 1 unspecified atom stereocenters. The molecule has 1 atom stereocenters. The van der Waals surface area contributed by atoms with Gasteiger partial charge in [0.25, 0.3) is 0 Å². The smallest absolute Gasteiger partial charge is 0.128 e. The molecular formula is C16H27N3. The molecule has 0 aromatic carbocycles. The lowest BCUT2D eigenvalue weighted by atomic mass is 9.90. The number of nitrogens with zero attached hydrogens (tertiary/aromatic N) is 2. The van der Waals surface area contributed by atoms with Gasteiger partial charge < -0.3 is 10.2 Å². The highest BCUT2D eigenvalue weighted by Gasteiger charge is 2.23. The third-order valence-corrected chi connectivity index (χ3v) is 4.18. The van der Waals surface area contributed by atoms with Crippen molar-refractivity contribution in [1.82, 2.24) is 10.3 Å². The molecule has 0 bridgehead atoms. The minimum Gasteiger partial charge on any atom is -0.357 e. The van der Waals surface area contributed by atoms with Gasteiger partial charge in [-0.1, -0.05) is 13.0 Å². The molecule has 0 aliphatic carbocycles. The van der Waals surface area contributed by atoms with E-state index in [1.54, 1.807) is 0 Å². The molecule has 0 radical (unpaired) electrons. The van der Waals surface area contributed by atoms with Crippen molar-refractivity contribution in [3.63, 3.8) is 0 Å². The molecule has 1 N–H and O–H groups in total. The first kappa shape index (κ1) is 14.3. The molecule has 2 rings (SSSR count). The SMILES string of the molecule is CCCNC(C)C1CCN(c2ccc(C)cn2)CC1. The van der Waals surface area contributed by atoms with Gasteiger partial charge in [-0.05, 0) is 57.2 Å². The van der Waals surface area contributed by atoms with Crippen LogP contribution in [0.1, 0.15) is 38.7 Å². The summed E-state index contributed by atoms with van der Waals surface area (Å²) in [5.74, 6) is 1.95. The maximum atomic E-state index is 4.53. The summed E-state index contributed by atoms with van der Waals surface area (Å²) in [6.45, 7) is 10.1. The van der Waals surface area contributed by atoms with Crippen LogP contribution in [0.5, 0.6) is 0 Å². The van der Waals surface area contributed by atoms with E-state index in [0.717, 1.165) is 31.4 Å². The largest absolute Gasteiger partial charge is 0.357 e. The van der Waals surface area contributed by atoms with E-state index >= 15 is 0 Å². The quantitative estimate of drug-likeness (QED) is 0.883. The predicted octanol–water partition coefficient (Wildman–Crippen LogP) is 2.99. The van der Waals surface area contributed by atoms with Crippen LogP contribution in [0.15, 0.2) is 18.3 Å². The predicted molar refractivity (Wildman–Crippen MR) is 81.7 cm³/mol. The fraction of sp³-hybridized carbons (Fsp3) is 0.688. The van der Waals surface area contributed by atoms with Crippen LogP contribution < -0.4 is 10.2 Å². The summed E-state index contributed by atoms with van der Waals surface area (Å²) in [7, 11) is 0. The van der Waals surface area contributed by atoms with E-state index in [2.05, 4.69) is 48.1 Å². The molecule has 1 aliphatic rings. The fourth-order valence-corrected chi connectivity index (χ4v) is 2.81. The maximum Gasteiger partial charge on any atom is 0.128 e. The van der Waals surface area contributed by atoms with Crippen molar-refractivity contribution >= 4 is 5.82 Å². The van der Waals surface area contributed by atoms with E-state index in [1.165, 1.54) is 24.8 Å². The molecule has 106 valence electrons. The molecule has 0 amide bonds. The zero-order valence-corrected chi connectivity index (χ0v) is 12.5. The highest BCUT2D eigenvalue weighted by molar-refractivity contribution is 5.39. The lowest BCUT2D eigenvalue weighted by Crippen LogP contribution is -2.42. The van der Waals surface area contributed by atoms with Crippen molar-refractivity contribution in [2.45, 2.75) is 46.1 Å². The second-order valence-corrected chi connectivity index (χ2v) is 5.76. The topological polar surface area (TPSA) is 28.2 Å². The summed E-state index contributed by atoms with van der Waals surface area (Å²) < 4.78 is 0. The van der Waals surface area contributed by atoms with Crippen molar-refractivity contribution in [3.05, 3.63) is 23.9 Å². The summed E-state index contributed by atoms with van der Waals surface area (Å²) in [4.78, 5) is 6.95. The maximum absolute atomic E-state index is 4.53. The van der Waals surface area contributed by atoms with E-state index in [1.807, 2.05) is 6.20 Å². The van der Waals surface area contributed by atoms with Gasteiger partial charge in [-0.15, -0.1) is 0 Å². The highest BCUT2D eigenvalue weighted by Crippen LogP contribution is 2.24. The Morgan fingerprint density at radius 3 is 2.68 bits per heavy atom. The normalized spacial score (nSPS) is 18.6. The van der Waals surface area contributed by atoms with Crippen LogP contribution in [0.3, 0.4) is 0 Å². The van der Waals surface area contributed by atoms with Gasteiger partial charge in [-0.3, -0.25) is 0 Å². The third kappa shape index (κ3) is 3.93. The van der Waals surface area contributed by atoms with Crippen LogP contribution in [0.4, 0.5) is 5.82 Å². The van der Waals surface area contributed by atoms with Gasteiger partial charge in [0.2, 0.25) is 0 Å². The second kappa shape index (κ2) is 6.90. The first-order valence-electron chi connectivity index (χ1n) is 7.61. The van der Waals surface area contributed by atoms with Gasteiger partial charge in [0.05, 0.1) is 0 Å². The van der Waals surface area contributed by atoms with E-state index < -0.39 is 0 Å². The Morgan fingerprint density at radius 1 is 1.37 bits per heavy atom. The number of pyridine rings is 1. The number of nitrogens with one attached hydrogen (secondary N) is 1. The molecule has 19 heavy (non-hydrogen) atoms. The molecule has 1 aromatic heterocycles. The average molecular weight is 261 g/mol. The zero-order valence-electron chi connectivity index (χ0n) is 12.5.